The molecule has 0 saturated carbocycles. The summed E-state index contributed by atoms with van der Waals surface area (Å²) in [5.74, 6) is -0.442. The van der Waals surface area contributed by atoms with Gasteiger partial charge in [0.25, 0.3) is 15.9 Å². The second-order valence-electron chi connectivity index (χ2n) is 8.50. The lowest BCUT2D eigenvalue weighted by molar-refractivity contribution is 0.102. The predicted octanol–water partition coefficient (Wildman–Crippen LogP) is 6.12. The van der Waals surface area contributed by atoms with Gasteiger partial charge < -0.3 is 5.32 Å². The van der Waals surface area contributed by atoms with Gasteiger partial charge >= 0.3 is 0 Å². The van der Waals surface area contributed by atoms with E-state index in [4.69, 9.17) is 11.6 Å². The van der Waals surface area contributed by atoms with Crippen LogP contribution in [0.3, 0.4) is 0 Å². The van der Waals surface area contributed by atoms with E-state index < -0.39 is 26.0 Å². The smallest absolute Gasteiger partial charge is 0.261 e. The van der Waals surface area contributed by atoms with E-state index in [1.165, 1.54) is 52.8 Å². The zero-order chi connectivity index (χ0) is 28.2. The number of carbonyl (C=O) groups is 1. The van der Waals surface area contributed by atoms with Crippen molar-refractivity contribution in [1.29, 1.82) is 0 Å². The number of nitrogens with one attached hydrogen (secondary N) is 2. The number of hydrogen-bond donors (Lipinski definition) is 2. The molecule has 4 aromatic carbocycles. The van der Waals surface area contributed by atoms with Crippen molar-refractivity contribution in [3.63, 3.8) is 0 Å². The molecule has 0 bridgehead atoms. The number of rotatable bonds is 9. The minimum absolute atomic E-state index is 0.0344. The van der Waals surface area contributed by atoms with Crippen LogP contribution >= 0.6 is 27.5 Å². The highest BCUT2D eigenvalue weighted by atomic mass is 79.9. The molecular weight excluding hydrogens is 626 g/mol. The summed E-state index contributed by atoms with van der Waals surface area (Å²) in [6.45, 7) is 0.0377. The topological polar surface area (TPSA) is 113 Å². The fourth-order valence-corrected chi connectivity index (χ4v) is 6.01. The summed E-state index contributed by atoms with van der Waals surface area (Å²) in [4.78, 5) is 12.8. The van der Waals surface area contributed by atoms with Crippen LogP contribution in [0, 0.1) is 0 Å². The first-order valence-electron chi connectivity index (χ1n) is 11.4. The molecule has 39 heavy (non-hydrogen) atoms. The van der Waals surface area contributed by atoms with E-state index in [1.54, 1.807) is 48.5 Å². The Hall–Kier alpha value is -3.38. The maximum Gasteiger partial charge on any atom is 0.261 e. The first-order valence-corrected chi connectivity index (χ1v) is 15.9. The van der Waals surface area contributed by atoms with Gasteiger partial charge in [0.2, 0.25) is 10.0 Å². The molecule has 12 heteroatoms. The number of benzene rings is 4. The molecule has 0 fully saturated rings. The molecule has 4 aromatic rings. The Labute approximate surface area is 240 Å². The Morgan fingerprint density at radius 3 is 2.00 bits per heavy atom. The summed E-state index contributed by atoms with van der Waals surface area (Å²) in [5.41, 5.74) is 2.12. The van der Waals surface area contributed by atoms with Crippen LogP contribution in [0.25, 0.3) is 0 Å². The number of carbonyl (C=O) groups excluding carboxylic acids is 1. The maximum absolute atomic E-state index is 12.8. The van der Waals surface area contributed by atoms with Crippen LogP contribution in [0.4, 0.5) is 17.1 Å². The predicted molar refractivity (Wildman–Crippen MR) is 158 cm³/mol. The molecule has 0 saturated heterocycles. The fraction of sp³-hybridized carbons (Fsp3) is 0.0741. The van der Waals surface area contributed by atoms with Gasteiger partial charge in [-0.3, -0.25) is 13.8 Å². The van der Waals surface area contributed by atoms with E-state index in [9.17, 15) is 21.6 Å². The molecule has 0 radical (unpaired) electrons. The van der Waals surface area contributed by atoms with Crippen LogP contribution in [-0.4, -0.2) is 29.0 Å². The third-order valence-corrected chi connectivity index (χ3v) is 9.04. The van der Waals surface area contributed by atoms with Gasteiger partial charge in [0.15, 0.2) is 0 Å². The van der Waals surface area contributed by atoms with Gasteiger partial charge in [-0.05, 0) is 84.4 Å². The molecule has 2 N–H and O–H groups in total. The second-order valence-corrected chi connectivity index (χ2v) is 13.4. The highest BCUT2D eigenvalue weighted by Gasteiger charge is 2.20. The van der Waals surface area contributed by atoms with Crippen LogP contribution in [0.2, 0.25) is 5.02 Å². The highest BCUT2D eigenvalue weighted by molar-refractivity contribution is 9.10. The Balaban J connectivity index is 1.45. The summed E-state index contributed by atoms with van der Waals surface area (Å²) in [7, 11) is -7.45. The van der Waals surface area contributed by atoms with Crippen LogP contribution in [0.15, 0.2) is 106 Å². The molecule has 4 rings (SSSR count). The number of amides is 1. The van der Waals surface area contributed by atoms with E-state index in [1.807, 2.05) is 0 Å². The van der Waals surface area contributed by atoms with Gasteiger partial charge in [0.05, 0.1) is 23.4 Å². The third kappa shape index (κ3) is 7.39. The number of hydrogen-bond acceptors (Lipinski definition) is 5. The SMILES string of the molecule is CS(=O)(=O)N(Cc1ccccc1Cl)c1ccc(C(=O)Nc2ccc(S(=O)(=O)Nc3ccc(Br)cc3)cc2)cc1. The van der Waals surface area contributed by atoms with Crippen molar-refractivity contribution in [2.45, 2.75) is 11.4 Å². The summed E-state index contributed by atoms with van der Waals surface area (Å²) >= 11 is 9.52. The van der Waals surface area contributed by atoms with Crippen molar-refractivity contribution in [1.82, 2.24) is 0 Å². The standard InChI is InChI=1S/C27H23BrClN3O5S2/c1-38(34,35)32(18-20-4-2-3-5-26(20)29)24-14-6-19(7-15-24)27(33)30-22-12-16-25(17-13-22)39(36,37)31-23-10-8-21(28)9-11-23/h2-17,31H,18H2,1H3,(H,30,33). The summed E-state index contributed by atoms with van der Waals surface area (Å²) in [5, 5.41) is 3.16. The lowest BCUT2D eigenvalue weighted by Gasteiger charge is -2.23. The lowest BCUT2D eigenvalue weighted by Crippen LogP contribution is -2.29. The Morgan fingerprint density at radius 2 is 1.41 bits per heavy atom. The number of anilines is 3. The highest BCUT2D eigenvalue weighted by Crippen LogP contribution is 2.25. The number of halogens is 2. The Bertz CT molecular complexity index is 1700. The van der Waals surface area contributed by atoms with Gasteiger partial charge in [-0.2, -0.15) is 0 Å². The van der Waals surface area contributed by atoms with Gasteiger partial charge in [-0.25, -0.2) is 16.8 Å². The number of nitrogens with zero attached hydrogens (tertiary/aromatic N) is 1. The van der Waals surface area contributed by atoms with Gasteiger partial charge in [-0.1, -0.05) is 45.7 Å². The van der Waals surface area contributed by atoms with Gasteiger partial charge in [0, 0.05) is 26.4 Å². The van der Waals surface area contributed by atoms with Crippen LogP contribution < -0.4 is 14.3 Å². The van der Waals surface area contributed by atoms with E-state index in [-0.39, 0.29) is 11.4 Å². The molecule has 0 aliphatic carbocycles. The molecule has 202 valence electrons. The zero-order valence-corrected chi connectivity index (χ0v) is 24.5. The normalized spacial score (nSPS) is 11.6. The van der Waals surface area contributed by atoms with Crippen molar-refractivity contribution < 1.29 is 21.6 Å². The van der Waals surface area contributed by atoms with E-state index >= 15 is 0 Å². The van der Waals surface area contributed by atoms with Crippen LogP contribution in [0.1, 0.15) is 15.9 Å². The number of sulfonamides is 2. The Morgan fingerprint density at radius 1 is 0.821 bits per heavy atom. The minimum Gasteiger partial charge on any atom is -0.322 e. The molecule has 0 aromatic heterocycles. The zero-order valence-electron chi connectivity index (χ0n) is 20.5. The van der Waals surface area contributed by atoms with Crippen molar-refractivity contribution in [2.75, 3.05) is 20.6 Å². The maximum atomic E-state index is 12.8. The Kier molecular flexibility index (Phi) is 8.65. The third-order valence-electron chi connectivity index (χ3n) is 5.61. The van der Waals surface area contributed by atoms with Gasteiger partial charge in [0.1, 0.15) is 0 Å². The van der Waals surface area contributed by atoms with Crippen LogP contribution in [0.5, 0.6) is 0 Å². The molecule has 8 nitrogen and oxygen atoms in total. The van der Waals surface area contributed by atoms with E-state index in [0.29, 0.717) is 33.2 Å². The monoisotopic (exact) mass is 647 g/mol. The molecule has 1 amide bonds. The van der Waals surface area contributed by atoms with E-state index in [2.05, 4.69) is 26.0 Å². The first-order chi connectivity index (χ1) is 18.4. The average molecular weight is 649 g/mol. The first kappa shape index (κ1) is 28.6. The summed E-state index contributed by atoms with van der Waals surface area (Å²) < 4.78 is 54.8. The van der Waals surface area contributed by atoms with Crippen molar-refractivity contribution in [3.05, 3.63) is 118 Å². The molecule has 0 aliphatic rings. The fourth-order valence-electron chi connectivity index (χ4n) is 3.61. The molecule has 0 unspecified atom stereocenters. The quantitative estimate of drug-likeness (QED) is 0.227. The van der Waals surface area contributed by atoms with Crippen molar-refractivity contribution >= 4 is 70.5 Å². The largest absolute Gasteiger partial charge is 0.322 e. The molecule has 0 atom stereocenters. The van der Waals surface area contributed by atoms with Crippen LogP contribution in [-0.2, 0) is 26.6 Å². The summed E-state index contributed by atoms with van der Waals surface area (Å²) in [6.07, 6.45) is 1.10. The van der Waals surface area contributed by atoms with Crippen molar-refractivity contribution in [3.8, 4) is 0 Å². The van der Waals surface area contributed by atoms with Gasteiger partial charge in [-0.15, -0.1) is 0 Å². The minimum atomic E-state index is -3.81. The molecule has 0 spiro atoms. The second kappa shape index (κ2) is 11.8. The lowest BCUT2D eigenvalue weighted by atomic mass is 10.1. The molecular formula is C27H23BrClN3O5S2. The van der Waals surface area contributed by atoms with E-state index in [0.717, 1.165) is 10.7 Å². The molecule has 0 heterocycles. The van der Waals surface area contributed by atoms with Crippen molar-refractivity contribution in [2.24, 2.45) is 0 Å². The average Bonchev–Trinajstić information content (AvgIpc) is 2.89. The summed E-state index contributed by atoms with van der Waals surface area (Å²) in [6, 6.07) is 25.5. The molecule has 0 aliphatic heterocycles.